The molecule has 0 aliphatic rings. The van der Waals surface area contributed by atoms with Crippen LogP contribution in [0.2, 0.25) is 0 Å². The fraction of sp³-hybridized carbons (Fsp3) is 0.0769. The van der Waals surface area contributed by atoms with Gasteiger partial charge in [0, 0.05) is 5.39 Å². The van der Waals surface area contributed by atoms with Crippen LogP contribution in [0, 0.1) is 0 Å². The van der Waals surface area contributed by atoms with Gasteiger partial charge in [-0.3, -0.25) is 4.55 Å². The molecule has 2 aromatic rings. The summed E-state index contributed by atoms with van der Waals surface area (Å²) in [6.07, 6.45) is 0. The Morgan fingerprint density at radius 1 is 1.17 bits per heavy atom. The molecule has 0 aliphatic carbocycles. The summed E-state index contributed by atoms with van der Waals surface area (Å²) < 4.78 is 32.3. The molecule has 0 saturated heterocycles. The van der Waals surface area contributed by atoms with E-state index in [0.29, 0.717) is 16.5 Å². The summed E-state index contributed by atoms with van der Waals surface area (Å²) >= 11 is 0. The molecule has 0 radical (unpaired) electrons. The summed E-state index contributed by atoms with van der Waals surface area (Å²) in [6, 6.07) is 10.5. The predicted molar refractivity (Wildman–Crippen MR) is 77.0 cm³/mol. The van der Waals surface area contributed by atoms with E-state index in [1.807, 2.05) is 12.1 Å². The van der Waals surface area contributed by atoms with Gasteiger partial charge in [0.2, 0.25) is 0 Å². The van der Waals surface area contributed by atoms with Gasteiger partial charge in [0.1, 0.15) is 4.90 Å². The molecule has 0 aromatic heterocycles. The van der Waals surface area contributed by atoms with Crippen LogP contribution in [0.25, 0.3) is 16.3 Å². The van der Waals surface area contributed by atoms with Crippen LogP contribution < -0.4 is 0 Å². The average Bonchev–Trinajstić information content (AvgIpc) is 2.26. The molecule has 2 rings (SSSR count). The van der Waals surface area contributed by atoms with Gasteiger partial charge in [-0.15, -0.1) is 0 Å². The number of rotatable bonds is 2. The Hall–Kier alpha value is -0.390. The van der Waals surface area contributed by atoms with Crippen LogP contribution >= 0.6 is 0 Å². The summed E-state index contributed by atoms with van der Waals surface area (Å²) in [7, 11) is -4.27. The summed E-state index contributed by atoms with van der Waals surface area (Å²) in [6.45, 7) is 5.44. The zero-order valence-corrected chi connectivity index (χ0v) is 10.2. The molecule has 5 heteroatoms. The van der Waals surface area contributed by atoms with Crippen LogP contribution in [0.3, 0.4) is 0 Å². The molecule has 0 saturated carbocycles. The Labute approximate surface area is 136 Å². The molecule has 2 aromatic carbocycles. The first kappa shape index (κ1) is 15.7. The third-order valence-electron chi connectivity index (χ3n) is 2.60. The maximum absolute atomic E-state index is 11.5. The first-order valence-electron chi connectivity index (χ1n) is 5.06. The van der Waals surface area contributed by atoms with Crippen molar-refractivity contribution in [1.82, 2.24) is 0 Å². The van der Waals surface area contributed by atoms with Crippen molar-refractivity contribution in [1.29, 1.82) is 0 Å². The van der Waals surface area contributed by atoms with Crippen molar-refractivity contribution in [2.45, 2.75) is 11.8 Å². The van der Waals surface area contributed by atoms with Crippen LogP contribution in [-0.2, 0) is 10.1 Å². The van der Waals surface area contributed by atoms with Crippen LogP contribution in [0.5, 0.6) is 0 Å². The topological polar surface area (TPSA) is 54.4 Å². The molecular formula is C13H14CaO3S. The average molecular weight is 290 g/mol. The van der Waals surface area contributed by atoms with Gasteiger partial charge in [0.05, 0.1) is 0 Å². The Morgan fingerprint density at radius 2 is 1.78 bits per heavy atom. The molecule has 3 nitrogen and oxygen atoms in total. The van der Waals surface area contributed by atoms with E-state index in [9.17, 15) is 13.0 Å². The Kier molecular flexibility index (Phi) is 4.97. The summed E-state index contributed by atoms with van der Waals surface area (Å²) in [5.74, 6) is 0. The minimum absolute atomic E-state index is 0. The minimum atomic E-state index is -4.27. The van der Waals surface area contributed by atoms with Gasteiger partial charge in [-0.05, 0) is 23.4 Å². The monoisotopic (exact) mass is 290 g/mol. The van der Waals surface area contributed by atoms with Gasteiger partial charge < -0.3 is 0 Å². The molecule has 0 atom stereocenters. The van der Waals surface area contributed by atoms with Crippen molar-refractivity contribution >= 4 is 64.2 Å². The van der Waals surface area contributed by atoms with Gasteiger partial charge in [-0.2, -0.15) is 8.42 Å². The first-order valence-corrected chi connectivity index (χ1v) is 6.50. The molecule has 18 heavy (non-hydrogen) atoms. The van der Waals surface area contributed by atoms with Crippen LogP contribution in [0.15, 0.2) is 47.9 Å². The molecule has 0 fully saturated rings. The van der Waals surface area contributed by atoms with Gasteiger partial charge in [-0.1, -0.05) is 43.0 Å². The molecule has 0 bridgehead atoms. The normalized spacial score (nSPS) is 11.0. The quantitative estimate of drug-likeness (QED) is 0.681. The SMILES string of the molecule is C=C(C)c1ccc2ccccc2c1S(=O)(=O)O.[CaH2]. The molecule has 0 aliphatic heterocycles. The van der Waals surface area contributed by atoms with Crippen molar-refractivity contribution in [3.8, 4) is 0 Å². The van der Waals surface area contributed by atoms with E-state index in [2.05, 4.69) is 6.58 Å². The molecular weight excluding hydrogens is 276 g/mol. The third-order valence-corrected chi connectivity index (χ3v) is 3.55. The second kappa shape index (κ2) is 5.72. The van der Waals surface area contributed by atoms with Crippen molar-refractivity contribution in [3.63, 3.8) is 0 Å². The maximum atomic E-state index is 11.5. The van der Waals surface area contributed by atoms with Crippen molar-refractivity contribution in [2.24, 2.45) is 0 Å². The van der Waals surface area contributed by atoms with E-state index in [0.717, 1.165) is 5.39 Å². The molecule has 0 spiro atoms. The molecule has 1 N–H and O–H groups in total. The van der Waals surface area contributed by atoms with Crippen molar-refractivity contribution < 1.29 is 13.0 Å². The van der Waals surface area contributed by atoms with Gasteiger partial charge in [0.25, 0.3) is 10.1 Å². The van der Waals surface area contributed by atoms with Crippen molar-refractivity contribution in [3.05, 3.63) is 48.5 Å². The first-order chi connectivity index (χ1) is 7.91. The standard InChI is InChI=1S/C13H12O3S.Ca.2H/c1-9(2)11-8-7-10-5-3-4-6-12(10)13(11)17(14,15)16;;;/h3-8H,1H2,2H3,(H,14,15,16);;;. The molecule has 92 valence electrons. The Balaban J connectivity index is 0.00000162. The van der Waals surface area contributed by atoms with Crippen molar-refractivity contribution in [2.75, 3.05) is 0 Å². The molecule has 0 unspecified atom stereocenters. The Bertz CT molecular complexity index is 705. The molecule has 0 amide bonds. The second-order valence-corrected chi connectivity index (χ2v) is 5.28. The predicted octanol–water partition coefficient (Wildman–Crippen LogP) is 2.20. The van der Waals surface area contributed by atoms with E-state index in [1.54, 1.807) is 31.2 Å². The molecule has 0 heterocycles. The summed E-state index contributed by atoms with van der Waals surface area (Å²) in [4.78, 5) is -0.0666. The fourth-order valence-electron chi connectivity index (χ4n) is 1.86. The zero-order chi connectivity index (χ0) is 12.6. The number of hydrogen-bond acceptors (Lipinski definition) is 2. The van der Waals surface area contributed by atoms with E-state index < -0.39 is 10.1 Å². The number of hydrogen-bond donors (Lipinski definition) is 1. The Morgan fingerprint density at radius 3 is 2.33 bits per heavy atom. The van der Waals surface area contributed by atoms with E-state index in [1.165, 1.54) is 0 Å². The van der Waals surface area contributed by atoms with E-state index >= 15 is 0 Å². The number of allylic oxidation sites excluding steroid dienone is 1. The van der Waals surface area contributed by atoms with Gasteiger partial charge >= 0.3 is 37.7 Å². The van der Waals surface area contributed by atoms with Crippen LogP contribution in [-0.4, -0.2) is 50.7 Å². The third kappa shape index (κ3) is 2.95. The summed E-state index contributed by atoms with van der Waals surface area (Å²) in [5, 5.41) is 1.28. The number of fused-ring (bicyclic) bond motifs is 1. The van der Waals surface area contributed by atoms with E-state index in [4.69, 9.17) is 0 Å². The van der Waals surface area contributed by atoms with Gasteiger partial charge in [-0.25, -0.2) is 0 Å². The second-order valence-electron chi connectivity index (χ2n) is 3.92. The number of benzene rings is 2. The zero-order valence-electron chi connectivity index (χ0n) is 9.34. The van der Waals surface area contributed by atoms with Crippen LogP contribution in [0.4, 0.5) is 0 Å². The summed E-state index contributed by atoms with van der Waals surface area (Å²) in [5.41, 5.74) is 1.05. The van der Waals surface area contributed by atoms with Crippen LogP contribution in [0.1, 0.15) is 12.5 Å². The van der Waals surface area contributed by atoms with E-state index in [-0.39, 0.29) is 42.6 Å². The van der Waals surface area contributed by atoms with Gasteiger partial charge in [0.15, 0.2) is 0 Å². The fourth-order valence-corrected chi connectivity index (χ4v) is 2.84.